The molecule has 1 heterocycles. The summed E-state index contributed by atoms with van der Waals surface area (Å²) >= 11 is 5.70. The monoisotopic (exact) mass is 357 g/mol. The number of halogens is 1. The van der Waals surface area contributed by atoms with Crippen LogP contribution in [0.25, 0.3) is 0 Å². The SMILES string of the molecule is CCCNCC1CCC(C(C)C)CC1c1sccc1Br. The molecular weight excluding hydrogens is 330 g/mol. The Labute approximate surface area is 136 Å². The van der Waals surface area contributed by atoms with Gasteiger partial charge in [-0.15, -0.1) is 11.3 Å². The third kappa shape index (κ3) is 4.08. The summed E-state index contributed by atoms with van der Waals surface area (Å²) in [5, 5.41) is 5.88. The van der Waals surface area contributed by atoms with Gasteiger partial charge in [0.2, 0.25) is 0 Å². The van der Waals surface area contributed by atoms with Gasteiger partial charge in [0.25, 0.3) is 0 Å². The van der Waals surface area contributed by atoms with Crippen LogP contribution in [0.5, 0.6) is 0 Å². The second-order valence-corrected chi connectivity index (χ2v) is 8.32. The predicted octanol–water partition coefficient (Wildman–Crippen LogP) is 5.67. The van der Waals surface area contributed by atoms with Gasteiger partial charge in [0.15, 0.2) is 0 Å². The van der Waals surface area contributed by atoms with E-state index < -0.39 is 0 Å². The largest absolute Gasteiger partial charge is 0.316 e. The molecule has 1 saturated carbocycles. The van der Waals surface area contributed by atoms with Gasteiger partial charge in [0, 0.05) is 9.35 Å². The van der Waals surface area contributed by atoms with Crippen LogP contribution in [0, 0.1) is 17.8 Å². The summed E-state index contributed by atoms with van der Waals surface area (Å²) in [6, 6.07) is 2.22. The van der Waals surface area contributed by atoms with E-state index in [0.29, 0.717) is 0 Å². The highest BCUT2D eigenvalue weighted by Gasteiger charge is 2.34. The topological polar surface area (TPSA) is 12.0 Å². The van der Waals surface area contributed by atoms with E-state index in [1.165, 1.54) is 36.7 Å². The molecule has 0 bridgehead atoms. The van der Waals surface area contributed by atoms with Crippen molar-refractivity contribution in [2.75, 3.05) is 13.1 Å². The molecule has 0 spiro atoms. The maximum absolute atomic E-state index is 3.76. The van der Waals surface area contributed by atoms with Crippen molar-refractivity contribution in [3.8, 4) is 0 Å². The lowest BCUT2D eigenvalue weighted by Crippen LogP contribution is -2.33. The highest BCUT2D eigenvalue weighted by atomic mass is 79.9. The summed E-state index contributed by atoms with van der Waals surface area (Å²) in [6.45, 7) is 9.37. The van der Waals surface area contributed by atoms with Gasteiger partial charge in [-0.2, -0.15) is 0 Å². The molecule has 3 unspecified atom stereocenters. The van der Waals surface area contributed by atoms with Gasteiger partial charge in [0.05, 0.1) is 0 Å². The van der Waals surface area contributed by atoms with Crippen molar-refractivity contribution in [2.45, 2.75) is 52.4 Å². The molecule has 2 rings (SSSR count). The first-order valence-corrected chi connectivity index (χ1v) is 9.74. The minimum Gasteiger partial charge on any atom is -0.316 e. The number of rotatable bonds is 6. The molecule has 1 N–H and O–H groups in total. The maximum Gasteiger partial charge on any atom is 0.0317 e. The van der Waals surface area contributed by atoms with Crippen LogP contribution in [0.3, 0.4) is 0 Å². The molecule has 1 aromatic heterocycles. The van der Waals surface area contributed by atoms with Gasteiger partial charge in [-0.1, -0.05) is 20.8 Å². The van der Waals surface area contributed by atoms with E-state index in [4.69, 9.17) is 0 Å². The third-order valence-electron chi connectivity index (χ3n) is 4.79. The second kappa shape index (κ2) is 7.95. The van der Waals surface area contributed by atoms with Crippen molar-refractivity contribution in [1.29, 1.82) is 0 Å². The first kappa shape index (κ1) is 16.5. The number of nitrogens with one attached hydrogen (secondary N) is 1. The fourth-order valence-corrected chi connectivity index (χ4v) is 5.35. The molecule has 1 aliphatic rings. The zero-order chi connectivity index (χ0) is 14.5. The quantitative estimate of drug-likeness (QED) is 0.647. The number of hydrogen-bond donors (Lipinski definition) is 1. The van der Waals surface area contributed by atoms with E-state index >= 15 is 0 Å². The Kier molecular flexibility index (Phi) is 6.57. The standard InChI is InChI=1S/C17H28BrNS/c1-4-8-19-11-14-6-5-13(12(2)3)10-15(14)17-16(18)7-9-20-17/h7,9,12-15,19H,4-6,8,10-11H2,1-3H3. The molecule has 3 atom stereocenters. The van der Waals surface area contributed by atoms with E-state index in [0.717, 1.165) is 30.2 Å². The van der Waals surface area contributed by atoms with Crippen LogP contribution in [0.2, 0.25) is 0 Å². The Morgan fingerprint density at radius 3 is 2.80 bits per heavy atom. The van der Waals surface area contributed by atoms with Gasteiger partial charge in [-0.3, -0.25) is 0 Å². The Bertz CT molecular complexity index is 401. The summed E-state index contributed by atoms with van der Waals surface area (Å²) in [7, 11) is 0. The molecule has 0 aromatic carbocycles. The zero-order valence-corrected chi connectivity index (χ0v) is 15.4. The fraction of sp³-hybridized carbons (Fsp3) is 0.765. The van der Waals surface area contributed by atoms with Gasteiger partial charge in [-0.05, 0) is 89.8 Å². The summed E-state index contributed by atoms with van der Waals surface area (Å²) in [5.41, 5.74) is 0. The third-order valence-corrected chi connectivity index (χ3v) is 6.79. The van der Waals surface area contributed by atoms with Gasteiger partial charge in [-0.25, -0.2) is 0 Å². The predicted molar refractivity (Wildman–Crippen MR) is 93.6 cm³/mol. The van der Waals surface area contributed by atoms with E-state index in [1.807, 2.05) is 11.3 Å². The molecule has 1 aliphatic carbocycles. The average molecular weight is 358 g/mol. The second-order valence-electron chi connectivity index (χ2n) is 6.52. The lowest BCUT2D eigenvalue weighted by atomic mass is 9.70. The van der Waals surface area contributed by atoms with Crippen molar-refractivity contribution in [1.82, 2.24) is 5.32 Å². The van der Waals surface area contributed by atoms with Gasteiger partial charge in [0.1, 0.15) is 0 Å². The Morgan fingerprint density at radius 1 is 1.40 bits per heavy atom. The molecular formula is C17H28BrNS. The molecule has 0 radical (unpaired) electrons. The van der Waals surface area contributed by atoms with Crippen molar-refractivity contribution < 1.29 is 0 Å². The Balaban J connectivity index is 2.08. The summed E-state index contributed by atoms with van der Waals surface area (Å²) in [6.07, 6.45) is 5.40. The molecule has 1 nitrogen and oxygen atoms in total. The molecule has 20 heavy (non-hydrogen) atoms. The molecule has 1 fully saturated rings. The van der Waals surface area contributed by atoms with Crippen LogP contribution in [0.15, 0.2) is 15.9 Å². The van der Waals surface area contributed by atoms with Crippen LogP contribution in [-0.4, -0.2) is 13.1 Å². The average Bonchev–Trinajstić information content (AvgIpc) is 2.85. The van der Waals surface area contributed by atoms with Crippen LogP contribution >= 0.6 is 27.3 Å². The summed E-state index contributed by atoms with van der Waals surface area (Å²) in [4.78, 5) is 1.58. The fourth-order valence-electron chi connectivity index (χ4n) is 3.47. The minimum absolute atomic E-state index is 0.745. The van der Waals surface area contributed by atoms with E-state index in [2.05, 4.69) is 53.5 Å². The molecule has 0 amide bonds. The van der Waals surface area contributed by atoms with Crippen LogP contribution < -0.4 is 5.32 Å². The highest BCUT2D eigenvalue weighted by Crippen LogP contribution is 2.46. The minimum atomic E-state index is 0.745. The first-order valence-electron chi connectivity index (χ1n) is 8.07. The molecule has 0 aliphatic heterocycles. The summed E-state index contributed by atoms with van der Waals surface area (Å²) < 4.78 is 1.33. The van der Waals surface area contributed by atoms with Crippen LogP contribution in [0.4, 0.5) is 0 Å². The van der Waals surface area contributed by atoms with Crippen molar-refractivity contribution in [3.63, 3.8) is 0 Å². The summed E-state index contributed by atoms with van der Waals surface area (Å²) in [5.74, 6) is 3.28. The first-order chi connectivity index (χ1) is 9.63. The molecule has 3 heteroatoms. The molecule has 114 valence electrons. The maximum atomic E-state index is 3.76. The molecule has 1 aromatic rings. The Morgan fingerprint density at radius 2 is 2.20 bits per heavy atom. The normalized spacial score (nSPS) is 27.1. The lowest BCUT2D eigenvalue weighted by molar-refractivity contribution is 0.192. The van der Waals surface area contributed by atoms with Gasteiger partial charge < -0.3 is 5.32 Å². The lowest BCUT2D eigenvalue weighted by Gasteiger charge is -2.38. The Hall–Kier alpha value is 0.140. The van der Waals surface area contributed by atoms with Crippen LogP contribution in [0.1, 0.15) is 57.2 Å². The number of hydrogen-bond acceptors (Lipinski definition) is 2. The highest BCUT2D eigenvalue weighted by molar-refractivity contribution is 9.10. The molecule has 0 saturated heterocycles. The van der Waals surface area contributed by atoms with Crippen LogP contribution in [-0.2, 0) is 0 Å². The van der Waals surface area contributed by atoms with E-state index in [-0.39, 0.29) is 0 Å². The van der Waals surface area contributed by atoms with E-state index in [9.17, 15) is 0 Å². The smallest absolute Gasteiger partial charge is 0.0317 e. The van der Waals surface area contributed by atoms with Crippen molar-refractivity contribution in [2.24, 2.45) is 17.8 Å². The van der Waals surface area contributed by atoms with Gasteiger partial charge >= 0.3 is 0 Å². The van der Waals surface area contributed by atoms with Crippen molar-refractivity contribution >= 4 is 27.3 Å². The number of thiophene rings is 1. The van der Waals surface area contributed by atoms with E-state index in [1.54, 1.807) is 4.88 Å². The van der Waals surface area contributed by atoms with Crippen molar-refractivity contribution in [3.05, 3.63) is 20.8 Å². The zero-order valence-electron chi connectivity index (χ0n) is 13.0.